The number of fused-ring (bicyclic) bond motifs is 1. The summed E-state index contributed by atoms with van der Waals surface area (Å²) in [7, 11) is 0. The van der Waals surface area contributed by atoms with Crippen molar-refractivity contribution in [3.63, 3.8) is 0 Å². The number of hydrogen-bond donors (Lipinski definition) is 0. The van der Waals surface area contributed by atoms with Gasteiger partial charge in [0.1, 0.15) is 0 Å². The Hall–Kier alpha value is -2.23. The predicted octanol–water partition coefficient (Wildman–Crippen LogP) is 4.12. The van der Waals surface area contributed by atoms with Crippen molar-refractivity contribution in [1.82, 2.24) is 0 Å². The second-order valence-corrected chi connectivity index (χ2v) is 5.48. The van der Waals surface area contributed by atoms with Crippen molar-refractivity contribution in [3.8, 4) is 0 Å². The lowest BCUT2D eigenvalue weighted by Gasteiger charge is -2.21. The summed E-state index contributed by atoms with van der Waals surface area (Å²) in [6.45, 7) is 2.20. The van der Waals surface area contributed by atoms with Gasteiger partial charge in [0.15, 0.2) is 11.6 Å². The van der Waals surface area contributed by atoms with Gasteiger partial charge in [0.2, 0.25) is 0 Å². The Kier molecular flexibility index (Phi) is 3.92. The van der Waals surface area contributed by atoms with E-state index in [-0.39, 0.29) is 5.91 Å². The highest BCUT2D eigenvalue weighted by atomic mass is 19.2. The van der Waals surface area contributed by atoms with Crippen molar-refractivity contribution in [2.75, 3.05) is 11.4 Å². The van der Waals surface area contributed by atoms with Gasteiger partial charge in [0, 0.05) is 23.9 Å². The zero-order valence-corrected chi connectivity index (χ0v) is 12.4. The molecule has 3 rings (SSSR count). The summed E-state index contributed by atoms with van der Waals surface area (Å²) in [6, 6.07) is 9.26. The predicted molar refractivity (Wildman–Crippen MR) is 82.2 cm³/mol. The summed E-state index contributed by atoms with van der Waals surface area (Å²) in [6.07, 6.45) is 3.17. The van der Waals surface area contributed by atoms with Crippen LogP contribution in [0.1, 0.15) is 34.8 Å². The first kappa shape index (κ1) is 14.7. The normalized spacial score (nSPS) is 13.0. The van der Waals surface area contributed by atoms with Crippen LogP contribution in [0.3, 0.4) is 0 Å². The Bertz CT molecular complexity index is 727. The van der Waals surface area contributed by atoms with Crippen LogP contribution < -0.4 is 4.90 Å². The molecule has 0 saturated carbocycles. The lowest BCUT2D eigenvalue weighted by atomic mass is 10.1. The van der Waals surface area contributed by atoms with E-state index in [0.717, 1.165) is 31.4 Å². The summed E-state index contributed by atoms with van der Waals surface area (Å²) in [4.78, 5) is 14.1. The van der Waals surface area contributed by atoms with Crippen LogP contribution in [0.15, 0.2) is 36.4 Å². The molecule has 114 valence electrons. The minimum absolute atomic E-state index is 0.191. The fourth-order valence-corrected chi connectivity index (χ4v) is 2.96. The van der Waals surface area contributed by atoms with Gasteiger partial charge in [-0.15, -0.1) is 0 Å². The van der Waals surface area contributed by atoms with E-state index in [1.165, 1.54) is 22.1 Å². The molecule has 0 radical (unpaired) electrons. The number of anilines is 1. The molecule has 0 atom stereocenters. The molecule has 0 aliphatic heterocycles. The van der Waals surface area contributed by atoms with Crippen LogP contribution in [-0.4, -0.2) is 12.5 Å². The van der Waals surface area contributed by atoms with Crippen molar-refractivity contribution >= 4 is 11.6 Å². The van der Waals surface area contributed by atoms with Crippen LogP contribution >= 0.6 is 0 Å². The van der Waals surface area contributed by atoms with Gasteiger partial charge in [-0.1, -0.05) is 6.07 Å². The van der Waals surface area contributed by atoms with Crippen molar-refractivity contribution in [2.24, 2.45) is 0 Å². The highest BCUT2D eigenvalue weighted by Crippen LogP contribution is 2.25. The van der Waals surface area contributed by atoms with Crippen LogP contribution in [0, 0.1) is 11.6 Å². The Morgan fingerprint density at radius 1 is 1.05 bits per heavy atom. The van der Waals surface area contributed by atoms with E-state index in [0.29, 0.717) is 17.8 Å². The van der Waals surface area contributed by atoms with Crippen molar-refractivity contribution in [2.45, 2.75) is 26.2 Å². The molecule has 0 N–H and O–H groups in total. The highest BCUT2D eigenvalue weighted by Gasteiger charge is 2.20. The molecular weight excluding hydrogens is 284 g/mol. The highest BCUT2D eigenvalue weighted by molar-refractivity contribution is 6.06. The number of carbonyl (C=O) groups excluding carboxylic acids is 1. The molecule has 0 heterocycles. The van der Waals surface area contributed by atoms with E-state index in [2.05, 4.69) is 0 Å². The molecule has 0 spiro atoms. The fraction of sp³-hybridized carbons (Fsp3) is 0.278. The van der Waals surface area contributed by atoms with E-state index >= 15 is 0 Å². The fourth-order valence-electron chi connectivity index (χ4n) is 2.96. The summed E-state index contributed by atoms with van der Waals surface area (Å²) < 4.78 is 26.5. The molecule has 0 unspecified atom stereocenters. The van der Waals surface area contributed by atoms with Gasteiger partial charge >= 0.3 is 0 Å². The van der Waals surface area contributed by atoms with Gasteiger partial charge in [-0.2, -0.15) is 0 Å². The molecule has 0 aromatic heterocycles. The third-order valence-corrected chi connectivity index (χ3v) is 4.12. The zero-order chi connectivity index (χ0) is 15.7. The van der Waals surface area contributed by atoms with Crippen molar-refractivity contribution < 1.29 is 13.6 Å². The number of halogens is 2. The van der Waals surface area contributed by atoms with E-state index in [9.17, 15) is 13.6 Å². The van der Waals surface area contributed by atoms with Crippen LogP contribution in [0.4, 0.5) is 14.5 Å². The smallest absolute Gasteiger partial charge is 0.258 e. The van der Waals surface area contributed by atoms with E-state index in [1.54, 1.807) is 0 Å². The molecule has 0 bridgehead atoms. The third kappa shape index (κ3) is 2.61. The number of aryl methyl sites for hydroxylation is 2. The Labute approximate surface area is 128 Å². The number of benzene rings is 2. The van der Waals surface area contributed by atoms with E-state index < -0.39 is 11.6 Å². The molecule has 2 nitrogen and oxygen atoms in total. The second-order valence-electron chi connectivity index (χ2n) is 5.48. The second kappa shape index (κ2) is 5.87. The van der Waals surface area contributed by atoms with Crippen LogP contribution in [0.25, 0.3) is 0 Å². The average Bonchev–Trinajstić information content (AvgIpc) is 2.98. The molecule has 4 heteroatoms. The first-order valence-electron chi connectivity index (χ1n) is 7.49. The van der Waals surface area contributed by atoms with Gasteiger partial charge in [-0.05, 0) is 61.6 Å². The maximum atomic E-state index is 13.4. The lowest BCUT2D eigenvalue weighted by Crippen LogP contribution is -2.30. The maximum Gasteiger partial charge on any atom is 0.258 e. The standard InChI is InChI=1S/C18H17F2NO/c1-2-21(15-8-9-16(19)17(20)11-15)18(22)14-7-6-12-4-3-5-13(12)10-14/h6-11H,2-5H2,1H3. The lowest BCUT2D eigenvalue weighted by molar-refractivity contribution is 0.0988. The number of nitrogens with zero attached hydrogens (tertiary/aromatic N) is 1. The molecule has 2 aromatic carbocycles. The summed E-state index contributed by atoms with van der Waals surface area (Å²) in [5.74, 6) is -2.05. The topological polar surface area (TPSA) is 20.3 Å². The molecule has 2 aromatic rings. The van der Waals surface area contributed by atoms with Gasteiger partial charge in [0.25, 0.3) is 5.91 Å². The van der Waals surface area contributed by atoms with Gasteiger partial charge < -0.3 is 4.90 Å². The first-order valence-corrected chi connectivity index (χ1v) is 7.49. The SMILES string of the molecule is CCN(C(=O)c1ccc2c(c1)CCC2)c1ccc(F)c(F)c1. The summed E-state index contributed by atoms with van der Waals surface area (Å²) in [5.41, 5.74) is 3.47. The largest absolute Gasteiger partial charge is 0.309 e. The molecule has 0 saturated heterocycles. The molecule has 1 aliphatic rings. The third-order valence-electron chi connectivity index (χ3n) is 4.12. The number of carbonyl (C=O) groups is 1. The van der Waals surface area contributed by atoms with Crippen LogP contribution in [-0.2, 0) is 12.8 Å². The quantitative estimate of drug-likeness (QED) is 0.835. The van der Waals surface area contributed by atoms with Gasteiger partial charge in [-0.25, -0.2) is 8.78 Å². The van der Waals surface area contributed by atoms with Crippen molar-refractivity contribution in [3.05, 3.63) is 64.7 Å². The van der Waals surface area contributed by atoms with Crippen LogP contribution in [0.5, 0.6) is 0 Å². The van der Waals surface area contributed by atoms with E-state index in [4.69, 9.17) is 0 Å². The zero-order valence-electron chi connectivity index (χ0n) is 12.4. The number of amides is 1. The summed E-state index contributed by atoms with van der Waals surface area (Å²) >= 11 is 0. The first-order chi connectivity index (χ1) is 10.6. The van der Waals surface area contributed by atoms with Gasteiger partial charge in [0.05, 0.1) is 0 Å². The van der Waals surface area contributed by atoms with Gasteiger partial charge in [-0.3, -0.25) is 4.79 Å². The number of hydrogen-bond acceptors (Lipinski definition) is 1. The monoisotopic (exact) mass is 301 g/mol. The Morgan fingerprint density at radius 2 is 1.82 bits per heavy atom. The molecule has 22 heavy (non-hydrogen) atoms. The minimum Gasteiger partial charge on any atom is -0.309 e. The van der Waals surface area contributed by atoms with Crippen LogP contribution in [0.2, 0.25) is 0 Å². The maximum absolute atomic E-state index is 13.4. The average molecular weight is 301 g/mol. The minimum atomic E-state index is -0.947. The van der Waals surface area contributed by atoms with E-state index in [1.807, 2.05) is 25.1 Å². The molecule has 1 aliphatic carbocycles. The Morgan fingerprint density at radius 3 is 2.55 bits per heavy atom. The molecule has 0 fully saturated rings. The Balaban J connectivity index is 1.92. The molecular formula is C18H17F2NO. The molecule has 1 amide bonds. The summed E-state index contributed by atoms with van der Waals surface area (Å²) in [5, 5.41) is 0. The van der Waals surface area contributed by atoms with Crippen molar-refractivity contribution in [1.29, 1.82) is 0 Å². The number of rotatable bonds is 3.